The average Bonchev–Trinajstić information content (AvgIpc) is 2.65. The van der Waals surface area contributed by atoms with Crippen LogP contribution in [-0.2, 0) is 6.54 Å². The molecular weight excluding hydrogens is 331 g/mol. The normalized spacial score (nSPS) is 10.4. The van der Waals surface area contributed by atoms with Crippen LogP contribution < -0.4 is 10.6 Å². The summed E-state index contributed by atoms with van der Waals surface area (Å²) in [6.07, 6.45) is 0. The molecule has 5 nitrogen and oxygen atoms in total. The number of anilines is 2. The summed E-state index contributed by atoms with van der Waals surface area (Å²) >= 11 is 0. The Morgan fingerprint density at radius 3 is 2.38 bits per heavy atom. The largest absolute Gasteiger partial charge is 0.347 e. The van der Waals surface area contributed by atoms with Crippen molar-refractivity contribution in [1.82, 2.24) is 15.5 Å². The van der Waals surface area contributed by atoms with E-state index >= 15 is 0 Å². The molecule has 0 fully saturated rings. The summed E-state index contributed by atoms with van der Waals surface area (Å²) in [5.41, 5.74) is 4.34. The Labute approximate surface area is 151 Å². The molecule has 0 aliphatic rings. The van der Waals surface area contributed by atoms with Crippen molar-refractivity contribution >= 4 is 17.4 Å². The number of halogens is 1. The lowest BCUT2D eigenvalue weighted by atomic mass is 10.1. The monoisotopic (exact) mass is 350 g/mol. The fourth-order valence-electron chi connectivity index (χ4n) is 2.36. The van der Waals surface area contributed by atoms with Crippen molar-refractivity contribution in [3.8, 4) is 0 Å². The molecule has 6 heteroatoms. The summed E-state index contributed by atoms with van der Waals surface area (Å²) < 4.78 is 12.9. The maximum absolute atomic E-state index is 12.9. The molecule has 1 heterocycles. The molecule has 0 unspecified atom stereocenters. The predicted molar refractivity (Wildman–Crippen MR) is 98.8 cm³/mol. The van der Waals surface area contributed by atoms with Gasteiger partial charge in [-0.05, 0) is 66.9 Å². The van der Waals surface area contributed by atoms with Crippen LogP contribution in [0.25, 0.3) is 0 Å². The number of carbonyl (C=O) groups excluding carboxylic acids is 1. The molecular formula is C20H19FN4O. The van der Waals surface area contributed by atoms with Gasteiger partial charge in [0.2, 0.25) is 0 Å². The van der Waals surface area contributed by atoms with Crippen LogP contribution in [0.4, 0.5) is 15.9 Å². The van der Waals surface area contributed by atoms with E-state index in [-0.39, 0.29) is 17.4 Å². The van der Waals surface area contributed by atoms with E-state index in [4.69, 9.17) is 0 Å². The second kappa shape index (κ2) is 7.74. The molecule has 2 N–H and O–H groups in total. The molecule has 0 aliphatic carbocycles. The van der Waals surface area contributed by atoms with Crippen LogP contribution in [0.3, 0.4) is 0 Å². The second-order valence-corrected chi connectivity index (χ2v) is 6.04. The first-order valence-electron chi connectivity index (χ1n) is 8.22. The molecule has 0 saturated carbocycles. The smallest absolute Gasteiger partial charge is 0.272 e. The van der Waals surface area contributed by atoms with E-state index in [1.807, 2.05) is 25.1 Å². The van der Waals surface area contributed by atoms with E-state index < -0.39 is 0 Å². The number of hydrogen-bond donors (Lipinski definition) is 2. The van der Waals surface area contributed by atoms with E-state index in [1.165, 1.54) is 23.3 Å². The Bertz CT molecular complexity index is 908. The number of carbonyl (C=O) groups is 1. The first-order chi connectivity index (χ1) is 12.5. The number of rotatable bonds is 5. The lowest BCUT2D eigenvalue weighted by Crippen LogP contribution is -2.24. The molecule has 0 bridgehead atoms. The number of nitrogens with zero attached hydrogens (tertiary/aromatic N) is 2. The third-order valence-corrected chi connectivity index (χ3v) is 4.04. The van der Waals surface area contributed by atoms with Gasteiger partial charge in [0.25, 0.3) is 5.91 Å². The van der Waals surface area contributed by atoms with Gasteiger partial charge in [-0.3, -0.25) is 4.79 Å². The minimum Gasteiger partial charge on any atom is -0.347 e. The molecule has 3 rings (SSSR count). The Balaban J connectivity index is 1.60. The van der Waals surface area contributed by atoms with Gasteiger partial charge in [0, 0.05) is 12.2 Å². The summed E-state index contributed by atoms with van der Waals surface area (Å²) in [6, 6.07) is 15.3. The summed E-state index contributed by atoms with van der Waals surface area (Å²) in [6.45, 7) is 4.39. The van der Waals surface area contributed by atoms with Crippen molar-refractivity contribution in [2.75, 3.05) is 5.32 Å². The fourth-order valence-corrected chi connectivity index (χ4v) is 2.36. The van der Waals surface area contributed by atoms with Crippen LogP contribution in [0.1, 0.15) is 27.2 Å². The molecule has 0 aliphatic heterocycles. The number of nitrogens with one attached hydrogen (secondary N) is 2. The number of benzene rings is 2. The second-order valence-electron chi connectivity index (χ2n) is 6.04. The third-order valence-electron chi connectivity index (χ3n) is 4.04. The Morgan fingerprint density at radius 2 is 1.73 bits per heavy atom. The summed E-state index contributed by atoms with van der Waals surface area (Å²) in [5, 5.41) is 13.9. The van der Waals surface area contributed by atoms with Crippen LogP contribution in [0.2, 0.25) is 0 Å². The van der Waals surface area contributed by atoms with Crippen molar-refractivity contribution < 1.29 is 9.18 Å². The van der Waals surface area contributed by atoms with E-state index in [1.54, 1.807) is 24.3 Å². The van der Waals surface area contributed by atoms with Crippen LogP contribution in [0.15, 0.2) is 54.6 Å². The number of aromatic nitrogens is 2. The molecule has 26 heavy (non-hydrogen) atoms. The van der Waals surface area contributed by atoms with Gasteiger partial charge in [-0.25, -0.2) is 4.39 Å². The maximum Gasteiger partial charge on any atom is 0.272 e. The highest BCUT2D eigenvalue weighted by atomic mass is 19.1. The van der Waals surface area contributed by atoms with E-state index in [0.29, 0.717) is 12.4 Å². The summed E-state index contributed by atoms with van der Waals surface area (Å²) in [5.74, 6) is -0.0827. The summed E-state index contributed by atoms with van der Waals surface area (Å²) in [4.78, 5) is 12.1. The predicted octanol–water partition coefficient (Wildman–Crippen LogP) is 3.91. The van der Waals surface area contributed by atoms with Gasteiger partial charge in [-0.15, -0.1) is 10.2 Å². The highest BCUT2D eigenvalue weighted by Crippen LogP contribution is 2.17. The van der Waals surface area contributed by atoms with Crippen molar-refractivity contribution in [2.45, 2.75) is 20.4 Å². The fraction of sp³-hybridized carbons (Fsp3) is 0.150. The zero-order chi connectivity index (χ0) is 18.5. The van der Waals surface area contributed by atoms with Crippen molar-refractivity contribution in [1.29, 1.82) is 0 Å². The standard InChI is InChI=1S/C20H19FN4O/c1-13-3-8-17(11-14(13)2)23-19-10-9-18(24-25-19)20(26)22-12-15-4-6-16(21)7-5-15/h3-11H,12H2,1-2H3,(H,22,26)(H,23,25). The molecule has 3 aromatic rings. The van der Waals surface area contributed by atoms with Gasteiger partial charge in [0.1, 0.15) is 5.82 Å². The highest BCUT2D eigenvalue weighted by Gasteiger charge is 2.08. The molecule has 132 valence electrons. The lowest BCUT2D eigenvalue weighted by molar-refractivity contribution is 0.0945. The zero-order valence-corrected chi connectivity index (χ0v) is 14.6. The van der Waals surface area contributed by atoms with Gasteiger partial charge in [-0.2, -0.15) is 0 Å². The van der Waals surface area contributed by atoms with Crippen molar-refractivity contribution in [2.24, 2.45) is 0 Å². The third kappa shape index (κ3) is 4.42. The lowest BCUT2D eigenvalue weighted by Gasteiger charge is -2.08. The first kappa shape index (κ1) is 17.5. The topological polar surface area (TPSA) is 66.9 Å². The Morgan fingerprint density at radius 1 is 0.962 bits per heavy atom. The summed E-state index contributed by atoms with van der Waals surface area (Å²) in [7, 11) is 0. The van der Waals surface area contributed by atoms with Crippen LogP contribution in [0.5, 0.6) is 0 Å². The Kier molecular flexibility index (Phi) is 5.22. The minimum absolute atomic E-state index is 0.220. The van der Waals surface area contributed by atoms with Gasteiger partial charge >= 0.3 is 0 Å². The number of hydrogen-bond acceptors (Lipinski definition) is 4. The molecule has 0 atom stereocenters. The SMILES string of the molecule is Cc1ccc(Nc2ccc(C(=O)NCc3ccc(F)cc3)nn2)cc1C. The number of aryl methyl sites for hydroxylation is 2. The molecule has 0 spiro atoms. The minimum atomic E-state index is -0.334. The Hall–Kier alpha value is -3.28. The zero-order valence-electron chi connectivity index (χ0n) is 14.6. The molecule has 1 amide bonds. The van der Waals surface area contributed by atoms with Gasteiger partial charge < -0.3 is 10.6 Å². The first-order valence-corrected chi connectivity index (χ1v) is 8.22. The van der Waals surface area contributed by atoms with Crippen LogP contribution in [0, 0.1) is 19.7 Å². The maximum atomic E-state index is 12.9. The van der Waals surface area contributed by atoms with Crippen molar-refractivity contribution in [3.63, 3.8) is 0 Å². The van der Waals surface area contributed by atoms with E-state index in [0.717, 1.165) is 11.3 Å². The van der Waals surface area contributed by atoms with E-state index in [2.05, 4.69) is 27.8 Å². The van der Waals surface area contributed by atoms with Crippen molar-refractivity contribution in [3.05, 3.63) is 82.8 Å². The van der Waals surface area contributed by atoms with Gasteiger partial charge in [0.15, 0.2) is 11.5 Å². The quantitative estimate of drug-likeness (QED) is 0.732. The number of amides is 1. The highest BCUT2D eigenvalue weighted by molar-refractivity contribution is 5.92. The molecule has 1 aromatic heterocycles. The molecule has 2 aromatic carbocycles. The van der Waals surface area contributed by atoms with Gasteiger partial charge in [0.05, 0.1) is 0 Å². The van der Waals surface area contributed by atoms with Crippen LogP contribution >= 0.6 is 0 Å². The molecule has 0 radical (unpaired) electrons. The van der Waals surface area contributed by atoms with Gasteiger partial charge in [-0.1, -0.05) is 18.2 Å². The molecule has 0 saturated heterocycles. The van der Waals surface area contributed by atoms with Crippen LogP contribution in [-0.4, -0.2) is 16.1 Å². The average molecular weight is 350 g/mol. The van der Waals surface area contributed by atoms with E-state index in [9.17, 15) is 9.18 Å².